The van der Waals surface area contributed by atoms with Crippen molar-refractivity contribution in [3.63, 3.8) is 0 Å². The van der Waals surface area contributed by atoms with Crippen LogP contribution in [0.4, 0.5) is 0 Å². The van der Waals surface area contributed by atoms with Gasteiger partial charge in [0.1, 0.15) is 11.2 Å². The molecule has 0 saturated heterocycles. The molecule has 5 heteroatoms. The maximum absolute atomic E-state index is 12.3. The van der Waals surface area contributed by atoms with Gasteiger partial charge >= 0.3 is 0 Å². The zero-order valence-corrected chi connectivity index (χ0v) is 12.8. The molecule has 0 spiro atoms. The summed E-state index contributed by atoms with van der Waals surface area (Å²) < 4.78 is 1.37. The van der Waals surface area contributed by atoms with Gasteiger partial charge in [-0.1, -0.05) is 35.9 Å². The number of nitrogens with zero attached hydrogens (tertiary/aromatic N) is 2. The van der Waals surface area contributed by atoms with E-state index < -0.39 is 5.91 Å². The van der Waals surface area contributed by atoms with Crippen LogP contribution in [0.3, 0.4) is 0 Å². The van der Waals surface area contributed by atoms with E-state index >= 15 is 0 Å². The van der Waals surface area contributed by atoms with Crippen LogP contribution in [0.25, 0.3) is 5.65 Å². The highest BCUT2D eigenvalue weighted by atomic mass is 16.2. The van der Waals surface area contributed by atoms with Crippen molar-refractivity contribution in [2.24, 2.45) is 0 Å². The van der Waals surface area contributed by atoms with Crippen LogP contribution in [0.5, 0.6) is 0 Å². The number of nitrogens with one attached hydrogen (secondary N) is 1. The van der Waals surface area contributed by atoms with Crippen molar-refractivity contribution in [3.05, 3.63) is 81.9 Å². The van der Waals surface area contributed by atoms with Gasteiger partial charge in [-0.2, -0.15) is 0 Å². The normalized spacial score (nSPS) is 10.7. The van der Waals surface area contributed by atoms with E-state index in [1.54, 1.807) is 24.4 Å². The number of pyridine rings is 1. The molecule has 0 unspecified atom stereocenters. The number of hydrogen-bond acceptors (Lipinski definition) is 3. The Morgan fingerprint density at radius 1 is 1.22 bits per heavy atom. The summed E-state index contributed by atoms with van der Waals surface area (Å²) in [7, 11) is 0. The summed E-state index contributed by atoms with van der Waals surface area (Å²) >= 11 is 0. The van der Waals surface area contributed by atoms with Gasteiger partial charge in [-0.25, -0.2) is 4.98 Å². The number of hydrogen-bond donors (Lipinski definition) is 1. The highest BCUT2D eigenvalue weighted by Gasteiger charge is 2.12. The molecule has 23 heavy (non-hydrogen) atoms. The van der Waals surface area contributed by atoms with Gasteiger partial charge in [0.2, 0.25) is 0 Å². The fourth-order valence-electron chi connectivity index (χ4n) is 2.47. The van der Waals surface area contributed by atoms with Crippen molar-refractivity contribution in [3.8, 4) is 0 Å². The monoisotopic (exact) mass is 307 g/mol. The van der Waals surface area contributed by atoms with Crippen LogP contribution >= 0.6 is 0 Å². The Hall–Kier alpha value is -2.95. The molecule has 0 aliphatic carbocycles. The van der Waals surface area contributed by atoms with Crippen molar-refractivity contribution < 1.29 is 4.79 Å². The van der Waals surface area contributed by atoms with Crippen LogP contribution < -0.4 is 10.9 Å². The molecule has 0 fully saturated rings. The summed E-state index contributed by atoms with van der Waals surface area (Å²) in [4.78, 5) is 28.7. The predicted octanol–water partition coefficient (Wildman–Crippen LogP) is 1.98. The summed E-state index contributed by atoms with van der Waals surface area (Å²) in [5.41, 5.74) is 2.56. The number of aryl methyl sites for hydroxylation is 1. The van der Waals surface area contributed by atoms with E-state index in [9.17, 15) is 9.59 Å². The number of aromatic nitrogens is 2. The van der Waals surface area contributed by atoms with Gasteiger partial charge in [0.15, 0.2) is 0 Å². The fourth-order valence-corrected chi connectivity index (χ4v) is 2.47. The largest absolute Gasteiger partial charge is 0.351 e. The van der Waals surface area contributed by atoms with Crippen molar-refractivity contribution in [2.45, 2.75) is 13.3 Å². The third-order valence-electron chi connectivity index (χ3n) is 3.64. The topological polar surface area (TPSA) is 63.5 Å². The van der Waals surface area contributed by atoms with Gasteiger partial charge in [-0.05, 0) is 31.0 Å². The van der Waals surface area contributed by atoms with Crippen LogP contribution in [0.2, 0.25) is 0 Å². The average Bonchev–Trinajstić information content (AvgIpc) is 2.55. The van der Waals surface area contributed by atoms with Crippen molar-refractivity contribution >= 4 is 11.6 Å². The Bertz CT molecular complexity index is 915. The average molecular weight is 307 g/mol. The molecule has 3 rings (SSSR count). The van der Waals surface area contributed by atoms with E-state index in [1.165, 1.54) is 16.2 Å². The second-order valence-electron chi connectivity index (χ2n) is 5.40. The van der Waals surface area contributed by atoms with Crippen molar-refractivity contribution in [2.75, 3.05) is 6.54 Å². The minimum Gasteiger partial charge on any atom is -0.351 e. The Kier molecular flexibility index (Phi) is 4.19. The molecule has 1 N–H and O–H groups in total. The smallest absolute Gasteiger partial charge is 0.270 e. The summed E-state index contributed by atoms with van der Waals surface area (Å²) in [6, 6.07) is 13.4. The summed E-state index contributed by atoms with van der Waals surface area (Å²) in [6.07, 6.45) is 3.66. The lowest BCUT2D eigenvalue weighted by molar-refractivity contribution is 0.0952. The number of carbonyl (C=O) groups excluding carboxylic acids is 1. The molecule has 0 bridgehead atoms. The second kappa shape index (κ2) is 6.44. The summed E-state index contributed by atoms with van der Waals surface area (Å²) in [5, 5.41) is 2.78. The molecule has 0 aliphatic rings. The minimum absolute atomic E-state index is 0.0537. The lowest BCUT2D eigenvalue weighted by Crippen LogP contribution is -2.32. The van der Waals surface area contributed by atoms with Crippen LogP contribution in [0, 0.1) is 6.92 Å². The minimum atomic E-state index is -0.395. The Balaban J connectivity index is 1.71. The zero-order chi connectivity index (χ0) is 16.2. The van der Waals surface area contributed by atoms with E-state index in [4.69, 9.17) is 0 Å². The van der Waals surface area contributed by atoms with Gasteiger partial charge in [0.05, 0.1) is 0 Å². The molecule has 0 aliphatic heterocycles. The van der Waals surface area contributed by atoms with Crippen molar-refractivity contribution in [1.82, 2.24) is 14.7 Å². The molecule has 0 saturated carbocycles. The summed E-state index contributed by atoms with van der Waals surface area (Å²) in [5.74, 6) is -0.395. The Labute approximate surface area is 133 Å². The van der Waals surface area contributed by atoms with Crippen LogP contribution in [0.15, 0.2) is 59.7 Å². The third-order valence-corrected chi connectivity index (χ3v) is 3.64. The zero-order valence-electron chi connectivity index (χ0n) is 12.8. The van der Waals surface area contributed by atoms with Crippen molar-refractivity contribution in [1.29, 1.82) is 0 Å². The number of fused-ring (bicyclic) bond motifs is 1. The number of rotatable bonds is 4. The van der Waals surface area contributed by atoms with Gasteiger partial charge in [-0.15, -0.1) is 0 Å². The number of amides is 1. The molecule has 0 atom stereocenters. The first-order valence-electron chi connectivity index (χ1n) is 7.45. The molecule has 2 aromatic heterocycles. The number of carbonyl (C=O) groups is 1. The molecular formula is C18H17N3O2. The van der Waals surface area contributed by atoms with E-state index in [1.807, 2.05) is 25.1 Å². The quantitative estimate of drug-likeness (QED) is 0.801. The molecule has 1 aromatic carbocycles. The molecule has 5 nitrogen and oxygen atoms in total. The standard InChI is InChI=1S/C18H17N3O2/c1-13-5-4-6-14(11-13)8-9-19-17(22)15-12-20-16-7-2-3-10-21(16)18(15)23/h2-7,10-12H,8-9H2,1H3,(H,19,22). The van der Waals surface area contributed by atoms with E-state index in [0.29, 0.717) is 12.2 Å². The van der Waals surface area contributed by atoms with Crippen LogP contribution in [-0.2, 0) is 6.42 Å². The Morgan fingerprint density at radius 2 is 2.09 bits per heavy atom. The lowest BCUT2D eigenvalue weighted by atomic mass is 10.1. The maximum atomic E-state index is 12.3. The summed E-state index contributed by atoms with van der Waals surface area (Å²) in [6.45, 7) is 2.50. The van der Waals surface area contributed by atoms with E-state index in [-0.39, 0.29) is 11.1 Å². The molecule has 2 heterocycles. The highest BCUT2D eigenvalue weighted by Crippen LogP contribution is 2.04. The molecular weight excluding hydrogens is 290 g/mol. The first-order chi connectivity index (χ1) is 11.1. The molecule has 3 aromatic rings. The predicted molar refractivity (Wildman–Crippen MR) is 88.7 cm³/mol. The highest BCUT2D eigenvalue weighted by molar-refractivity contribution is 5.93. The van der Waals surface area contributed by atoms with Gasteiger partial charge in [0.25, 0.3) is 11.5 Å². The van der Waals surface area contributed by atoms with Crippen LogP contribution in [-0.4, -0.2) is 21.8 Å². The maximum Gasteiger partial charge on any atom is 0.270 e. The molecule has 116 valence electrons. The fraction of sp³-hybridized carbons (Fsp3) is 0.167. The second-order valence-corrected chi connectivity index (χ2v) is 5.40. The first kappa shape index (κ1) is 15.0. The molecule has 0 radical (unpaired) electrons. The Morgan fingerprint density at radius 3 is 2.91 bits per heavy atom. The van der Waals surface area contributed by atoms with E-state index in [2.05, 4.69) is 16.4 Å². The van der Waals surface area contributed by atoms with Gasteiger partial charge in [0, 0.05) is 18.9 Å². The third kappa shape index (κ3) is 3.29. The lowest BCUT2D eigenvalue weighted by Gasteiger charge is -2.06. The van der Waals surface area contributed by atoms with Crippen LogP contribution in [0.1, 0.15) is 21.5 Å². The van der Waals surface area contributed by atoms with E-state index in [0.717, 1.165) is 12.0 Å². The van der Waals surface area contributed by atoms with Gasteiger partial charge < -0.3 is 5.32 Å². The number of benzene rings is 1. The van der Waals surface area contributed by atoms with Gasteiger partial charge in [-0.3, -0.25) is 14.0 Å². The SMILES string of the molecule is Cc1cccc(CCNC(=O)c2cnc3ccccn3c2=O)c1. The first-order valence-corrected chi connectivity index (χ1v) is 7.45. The molecule has 1 amide bonds.